The number of ketones is 1. The van der Waals surface area contributed by atoms with Gasteiger partial charge in [0, 0.05) is 23.1 Å². The number of benzene rings is 3. The molecule has 1 fully saturated rings. The predicted octanol–water partition coefficient (Wildman–Crippen LogP) is 8.80. The number of rotatable bonds is 8. The van der Waals surface area contributed by atoms with Crippen molar-refractivity contribution in [3.8, 4) is 17.1 Å². The van der Waals surface area contributed by atoms with E-state index in [4.69, 9.17) is 32.9 Å². The van der Waals surface area contributed by atoms with Crippen molar-refractivity contribution in [2.24, 2.45) is 11.3 Å². The van der Waals surface area contributed by atoms with Gasteiger partial charge < -0.3 is 9.30 Å². The molecule has 0 radical (unpaired) electrons. The topological polar surface area (TPSA) is 44.1 Å². The number of Topliss-reactive ketones (excluding diaryl/α,β-unsaturated/α-hetero) is 1. The number of imidazole rings is 1. The molecule has 6 heteroatoms. The molecule has 0 aliphatic heterocycles. The Hall–Kier alpha value is -2.82. The van der Waals surface area contributed by atoms with Gasteiger partial charge in [0.25, 0.3) is 0 Å². The second-order valence-corrected chi connectivity index (χ2v) is 11.7. The van der Waals surface area contributed by atoms with E-state index < -0.39 is 0 Å². The lowest BCUT2D eigenvalue weighted by molar-refractivity contribution is 0.0744. The number of aromatic nitrogens is 2. The molecule has 38 heavy (non-hydrogen) atoms. The first kappa shape index (κ1) is 25.5. The molecule has 1 aromatic heterocycles. The lowest BCUT2D eigenvalue weighted by Crippen LogP contribution is -2.32. The minimum Gasteiger partial charge on any atom is -0.492 e. The minimum absolute atomic E-state index is 0.152. The highest BCUT2D eigenvalue weighted by molar-refractivity contribution is 6.45. The van der Waals surface area contributed by atoms with Gasteiger partial charge in [-0.15, -0.1) is 0 Å². The van der Waals surface area contributed by atoms with Crippen molar-refractivity contribution in [1.29, 1.82) is 0 Å². The summed E-state index contributed by atoms with van der Waals surface area (Å²) in [6.07, 6.45) is 7.13. The Labute approximate surface area is 233 Å². The summed E-state index contributed by atoms with van der Waals surface area (Å²) in [7, 11) is 0. The maximum Gasteiger partial charge on any atom is 0.171 e. The number of fused-ring (bicyclic) bond motifs is 2. The fraction of sp³-hybridized carbons (Fsp3) is 0.375. The molecule has 1 saturated carbocycles. The Bertz CT molecular complexity index is 1490. The smallest absolute Gasteiger partial charge is 0.171 e. The summed E-state index contributed by atoms with van der Waals surface area (Å²) in [6, 6.07) is 20.5. The van der Waals surface area contributed by atoms with Gasteiger partial charge in [0.1, 0.15) is 16.6 Å². The van der Waals surface area contributed by atoms with Gasteiger partial charge >= 0.3 is 0 Å². The van der Waals surface area contributed by atoms with E-state index in [0.717, 1.165) is 66.6 Å². The third kappa shape index (κ3) is 4.42. The fourth-order valence-electron chi connectivity index (χ4n) is 6.46. The molecule has 0 N–H and O–H groups in total. The zero-order chi connectivity index (χ0) is 26.3. The van der Waals surface area contributed by atoms with Crippen LogP contribution < -0.4 is 4.74 Å². The van der Waals surface area contributed by atoms with E-state index in [1.807, 2.05) is 30.3 Å². The summed E-state index contributed by atoms with van der Waals surface area (Å²) in [5, 5.41) is 0.699. The van der Waals surface area contributed by atoms with E-state index in [2.05, 4.69) is 41.8 Å². The van der Waals surface area contributed by atoms with Crippen molar-refractivity contribution < 1.29 is 9.53 Å². The molecule has 4 nitrogen and oxygen atoms in total. The maximum absolute atomic E-state index is 13.4. The van der Waals surface area contributed by atoms with Crippen LogP contribution in [-0.4, -0.2) is 21.9 Å². The summed E-state index contributed by atoms with van der Waals surface area (Å²) in [6.45, 7) is 3.47. The molecule has 0 saturated heterocycles. The Morgan fingerprint density at radius 2 is 1.74 bits per heavy atom. The van der Waals surface area contributed by atoms with Gasteiger partial charge in [-0.05, 0) is 61.8 Å². The lowest BCUT2D eigenvalue weighted by atomic mass is 9.73. The van der Waals surface area contributed by atoms with E-state index in [1.54, 1.807) is 0 Å². The van der Waals surface area contributed by atoms with E-state index in [1.165, 1.54) is 12.8 Å². The molecule has 196 valence electrons. The Balaban J connectivity index is 1.14. The zero-order valence-corrected chi connectivity index (χ0v) is 23.2. The fourth-order valence-corrected chi connectivity index (χ4v) is 6.96. The van der Waals surface area contributed by atoms with Crippen LogP contribution in [-0.2, 0) is 13.0 Å². The van der Waals surface area contributed by atoms with Crippen molar-refractivity contribution in [2.45, 2.75) is 58.4 Å². The zero-order valence-electron chi connectivity index (χ0n) is 21.7. The molecule has 3 aromatic carbocycles. The van der Waals surface area contributed by atoms with Gasteiger partial charge in [-0.2, -0.15) is 0 Å². The highest BCUT2D eigenvalue weighted by Crippen LogP contribution is 2.52. The van der Waals surface area contributed by atoms with Crippen LogP contribution in [0.1, 0.15) is 61.4 Å². The number of para-hydroxylation sites is 2. The minimum atomic E-state index is -0.380. The van der Waals surface area contributed by atoms with Crippen LogP contribution in [0.3, 0.4) is 0 Å². The van der Waals surface area contributed by atoms with Crippen molar-refractivity contribution in [1.82, 2.24) is 9.55 Å². The summed E-state index contributed by atoms with van der Waals surface area (Å²) in [5.41, 5.74) is 4.45. The SMILES string of the molecule is CC1(C2CCCC2)Cc2cc(OCCCCn3c(-c4ccccc4)nc4ccccc43)c(Cl)c(Cl)c2C1=O. The second-order valence-electron chi connectivity index (χ2n) is 10.9. The van der Waals surface area contributed by atoms with Gasteiger partial charge in [-0.3, -0.25) is 4.79 Å². The van der Waals surface area contributed by atoms with Crippen LogP contribution in [0.5, 0.6) is 5.75 Å². The van der Waals surface area contributed by atoms with Gasteiger partial charge in [0.15, 0.2) is 5.78 Å². The molecular formula is C32H32Cl2N2O2. The summed E-state index contributed by atoms with van der Waals surface area (Å²) in [5.74, 6) is 2.13. The first-order valence-electron chi connectivity index (χ1n) is 13.7. The highest BCUT2D eigenvalue weighted by Gasteiger charge is 2.49. The van der Waals surface area contributed by atoms with Crippen LogP contribution >= 0.6 is 23.2 Å². The van der Waals surface area contributed by atoms with Crippen LogP contribution in [0.25, 0.3) is 22.4 Å². The van der Waals surface area contributed by atoms with E-state index in [0.29, 0.717) is 33.9 Å². The van der Waals surface area contributed by atoms with E-state index >= 15 is 0 Å². The van der Waals surface area contributed by atoms with Crippen LogP contribution in [0.2, 0.25) is 10.0 Å². The normalized spacial score (nSPS) is 19.4. The molecule has 2 aliphatic rings. The molecule has 1 atom stereocenters. The van der Waals surface area contributed by atoms with Gasteiger partial charge in [-0.1, -0.05) is 85.4 Å². The Morgan fingerprint density at radius 1 is 1.00 bits per heavy atom. The van der Waals surface area contributed by atoms with Gasteiger partial charge in [-0.25, -0.2) is 4.98 Å². The first-order chi connectivity index (χ1) is 18.5. The Morgan fingerprint density at radius 3 is 2.53 bits per heavy atom. The molecule has 4 aromatic rings. The average Bonchev–Trinajstić information content (AvgIpc) is 3.66. The first-order valence-corrected chi connectivity index (χ1v) is 14.4. The van der Waals surface area contributed by atoms with Crippen LogP contribution in [0.15, 0.2) is 60.7 Å². The van der Waals surface area contributed by atoms with Gasteiger partial charge in [0.05, 0.1) is 22.7 Å². The number of aryl methyl sites for hydroxylation is 1. The third-order valence-electron chi connectivity index (χ3n) is 8.53. The number of halogens is 2. The lowest BCUT2D eigenvalue weighted by Gasteiger charge is -2.29. The van der Waals surface area contributed by atoms with E-state index in [9.17, 15) is 4.79 Å². The highest BCUT2D eigenvalue weighted by atomic mass is 35.5. The average molecular weight is 548 g/mol. The quantitative estimate of drug-likeness (QED) is 0.207. The molecule has 1 heterocycles. The molecule has 0 bridgehead atoms. The van der Waals surface area contributed by atoms with Gasteiger partial charge in [0.2, 0.25) is 0 Å². The van der Waals surface area contributed by atoms with Crippen molar-refractivity contribution in [2.75, 3.05) is 6.61 Å². The number of hydrogen-bond donors (Lipinski definition) is 0. The molecule has 2 aliphatic carbocycles. The van der Waals surface area contributed by atoms with Crippen LogP contribution in [0.4, 0.5) is 0 Å². The third-order valence-corrected chi connectivity index (χ3v) is 9.38. The molecule has 1 unspecified atom stereocenters. The second kappa shape index (κ2) is 10.4. The van der Waals surface area contributed by atoms with Crippen molar-refractivity contribution in [3.63, 3.8) is 0 Å². The number of hydrogen-bond acceptors (Lipinski definition) is 3. The standard InChI is InChI=1S/C32H32Cl2N2O2/c1-32(23-13-5-6-14-23)20-22-19-26(28(33)29(34)27(22)30(32)37)38-18-10-9-17-36-25-16-8-7-15-24(25)35-31(36)21-11-3-2-4-12-21/h2-4,7-8,11-12,15-16,19,23H,5-6,9-10,13-14,17-18,20H2,1H3. The Kier molecular flexibility index (Phi) is 6.96. The molecule has 0 amide bonds. The maximum atomic E-state index is 13.4. The summed E-state index contributed by atoms with van der Waals surface area (Å²) in [4.78, 5) is 18.3. The van der Waals surface area contributed by atoms with Crippen molar-refractivity contribution >= 4 is 40.0 Å². The predicted molar refractivity (Wildman–Crippen MR) is 154 cm³/mol. The molecular weight excluding hydrogens is 515 g/mol. The molecule has 6 rings (SSSR count). The molecule has 0 spiro atoms. The number of nitrogens with zero attached hydrogens (tertiary/aromatic N) is 2. The number of carbonyl (C=O) groups excluding carboxylic acids is 1. The number of ether oxygens (including phenoxy) is 1. The number of carbonyl (C=O) groups is 1. The summed E-state index contributed by atoms with van der Waals surface area (Å²) < 4.78 is 8.43. The monoisotopic (exact) mass is 546 g/mol. The van der Waals surface area contributed by atoms with Crippen molar-refractivity contribution in [3.05, 3.63) is 81.8 Å². The van der Waals surface area contributed by atoms with E-state index in [-0.39, 0.29) is 11.2 Å². The van der Waals surface area contributed by atoms with Crippen LogP contribution in [0, 0.1) is 11.3 Å². The number of unbranched alkanes of at least 4 members (excludes halogenated alkanes) is 1. The largest absolute Gasteiger partial charge is 0.492 e. The summed E-state index contributed by atoms with van der Waals surface area (Å²) >= 11 is 13.3.